The standard InChI is InChI=1S/C14H28N2S/c1-14(2,9-8-10-15)13-16-11-6-4-5-7-12-17-3/h16H,4-9,11-13H2,1-3H3. The Hall–Kier alpha value is -0.200. The highest BCUT2D eigenvalue weighted by Gasteiger charge is 2.16. The third-order valence-corrected chi connectivity index (χ3v) is 3.67. The predicted octanol–water partition coefficient (Wildman–Crippen LogP) is 3.83. The molecule has 0 aromatic carbocycles. The quantitative estimate of drug-likeness (QED) is 0.571. The average Bonchev–Trinajstić information content (AvgIpc) is 2.30. The molecule has 0 aliphatic heterocycles. The van der Waals surface area contributed by atoms with Crippen LogP contribution in [0.2, 0.25) is 0 Å². The normalized spacial score (nSPS) is 11.4. The van der Waals surface area contributed by atoms with Crippen molar-refractivity contribution < 1.29 is 0 Å². The molecule has 0 aromatic heterocycles. The van der Waals surface area contributed by atoms with Gasteiger partial charge in [0.15, 0.2) is 0 Å². The molecule has 0 spiro atoms. The van der Waals surface area contributed by atoms with Crippen LogP contribution in [0, 0.1) is 16.7 Å². The van der Waals surface area contributed by atoms with E-state index in [0.29, 0.717) is 6.42 Å². The Morgan fingerprint density at radius 3 is 2.53 bits per heavy atom. The Morgan fingerprint density at radius 1 is 1.18 bits per heavy atom. The molecule has 0 saturated heterocycles. The molecule has 0 fully saturated rings. The minimum Gasteiger partial charge on any atom is -0.316 e. The SMILES string of the molecule is CSCCCCCCNCC(C)(C)CCC#N. The lowest BCUT2D eigenvalue weighted by molar-refractivity contribution is 0.317. The Labute approximate surface area is 112 Å². The minimum atomic E-state index is 0.259. The Morgan fingerprint density at radius 2 is 1.88 bits per heavy atom. The summed E-state index contributed by atoms with van der Waals surface area (Å²) in [6, 6.07) is 2.22. The summed E-state index contributed by atoms with van der Waals surface area (Å²) in [4.78, 5) is 0. The highest BCUT2D eigenvalue weighted by molar-refractivity contribution is 7.98. The van der Waals surface area contributed by atoms with Crippen LogP contribution in [0.15, 0.2) is 0 Å². The van der Waals surface area contributed by atoms with Crippen molar-refractivity contribution in [3.05, 3.63) is 0 Å². The summed E-state index contributed by atoms with van der Waals surface area (Å²) < 4.78 is 0. The molecule has 1 N–H and O–H groups in total. The van der Waals surface area contributed by atoms with Crippen molar-refractivity contribution in [2.45, 2.75) is 52.4 Å². The van der Waals surface area contributed by atoms with Gasteiger partial charge in [-0.3, -0.25) is 0 Å². The third kappa shape index (κ3) is 12.1. The zero-order valence-corrected chi connectivity index (χ0v) is 12.5. The monoisotopic (exact) mass is 256 g/mol. The first-order valence-electron chi connectivity index (χ1n) is 6.69. The fourth-order valence-corrected chi connectivity index (χ4v) is 2.25. The molecule has 0 bridgehead atoms. The van der Waals surface area contributed by atoms with Gasteiger partial charge in [-0.25, -0.2) is 0 Å². The number of nitriles is 1. The number of hydrogen-bond acceptors (Lipinski definition) is 3. The average molecular weight is 256 g/mol. The molecule has 0 unspecified atom stereocenters. The zero-order chi connectivity index (χ0) is 13.0. The highest BCUT2D eigenvalue weighted by Crippen LogP contribution is 2.20. The maximum Gasteiger partial charge on any atom is 0.0621 e. The number of hydrogen-bond donors (Lipinski definition) is 1. The van der Waals surface area contributed by atoms with E-state index in [0.717, 1.165) is 19.5 Å². The Balaban J connectivity index is 3.29. The van der Waals surface area contributed by atoms with Gasteiger partial charge in [-0.05, 0) is 43.2 Å². The van der Waals surface area contributed by atoms with Gasteiger partial charge in [-0.15, -0.1) is 0 Å². The molecular weight excluding hydrogens is 228 g/mol. The van der Waals surface area contributed by atoms with Gasteiger partial charge in [-0.1, -0.05) is 26.7 Å². The van der Waals surface area contributed by atoms with Crippen LogP contribution in [-0.4, -0.2) is 25.1 Å². The van der Waals surface area contributed by atoms with Crippen LogP contribution in [0.1, 0.15) is 52.4 Å². The van der Waals surface area contributed by atoms with Gasteiger partial charge in [0.25, 0.3) is 0 Å². The van der Waals surface area contributed by atoms with E-state index in [9.17, 15) is 0 Å². The molecule has 0 rings (SSSR count). The fourth-order valence-electron chi connectivity index (χ4n) is 1.76. The number of rotatable bonds is 11. The van der Waals surface area contributed by atoms with Crippen LogP contribution in [0.25, 0.3) is 0 Å². The molecule has 0 aliphatic carbocycles. The van der Waals surface area contributed by atoms with Gasteiger partial charge in [0.2, 0.25) is 0 Å². The maximum absolute atomic E-state index is 8.57. The van der Waals surface area contributed by atoms with Crippen molar-refractivity contribution in [2.24, 2.45) is 5.41 Å². The Bertz CT molecular complexity index is 209. The van der Waals surface area contributed by atoms with Crippen LogP contribution in [-0.2, 0) is 0 Å². The second-order valence-electron chi connectivity index (χ2n) is 5.41. The Kier molecular flexibility index (Phi) is 10.8. The zero-order valence-electron chi connectivity index (χ0n) is 11.7. The van der Waals surface area contributed by atoms with Crippen LogP contribution in [0.5, 0.6) is 0 Å². The first kappa shape index (κ1) is 16.8. The lowest BCUT2D eigenvalue weighted by Gasteiger charge is -2.23. The van der Waals surface area contributed by atoms with Crippen LogP contribution in [0.3, 0.4) is 0 Å². The van der Waals surface area contributed by atoms with Gasteiger partial charge in [0.1, 0.15) is 0 Å². The first-order chi connectivity index (χ1) is 8.12. The minimum absolute atomic E-state index is 0.259. The number of nitrogens with one attached hydrogen (secondary N) is 1. The summed E-state index contributed by atoms with van der Waals surface area (Å²) >= 11 is 1.94. The first-order valence-corrected chi connectivity index (χ1v) is 8.08. The van der Waals surface area contributed by atoms with E-state index in [2.05, 4.69) is 31.5 Å². The molecule has 3 heteroatoms. The largest absolute Gasteiger partial charge is 0.316 e. The second-order valence-corrected chi connectivity index (χ2v) is 6.39. The van der Waals surface area contributed by atoms with E-state index < -0.39 is 0 Å². The fraction of sp³-hybridized carbons (Fsp3) is 0.929. The van der Waals surface area contributed by atoms with Gasteiger partial charge < -0.3 is 5.32 Å². The number of nitrogens with zero attached hydrogens (tertiary/aromatic N) is 1. The lowest BCUT2D eigenvalue weighted by Crippen LogP contribution is -2.30. The molecule has 0 heterocycles. The lowest BCUT2D eigenvalue weighted by atomic mass is 9.88. The van der Waals surface area contributed by atoms with Gasteiger partial charge in [0, 0.05) is 13.0 Å². The predicted molar refractivity (Wildman–Crippen MR) is 78.3 cm³/mol. The van der Waals surface area contributed by atoms with E-state index in [1.807, 2.05) is 11.8 Å². The van der Waals surface area contributed by atoms with Crippen LogP contribution < -0.4 is 5.32 Å². The van der Waals surface area contributed by atoms with Crippen molar-refractivity contribution in [3.63, 3.8) is 0 Å². The summed E-state index contributed by atoms with van der Waals surface area (Å²) in [5.41, 5.74) is 0.259. The molecule has 0 atom stereocenters. The molecule has 0 aromatic rings. The topological polar surface area (TPSA) is 35.8 Å². The summed E-state index contributed by atoms with van der Waals surface area (Å²) in [7, 11) is 0. The van der Waals surface area contributed by atoms with Crippen molar-refractivity contribution in [1.82, 2.24) is 5.32 Å². The van der Waals surface area contributed by atoms with Gasteiger partial charge >= 0.3 is 0 Å². The van der Waals surface area contributed by atoms with Crippen LogP contribution in [0.4, 0.5) is 0 Å². The second kappa shape index (κ2) is 10.9. The van der Waals surface area contributed by atoms with E-state index in [4.69, 9.17) is 5.26 Å². The molecule has 0 radical (unpaired) electrons. The van der Waals surface area contributed by atoms with Gasteiger partial charge in [0.05, 0.1) is 6.07 Å². The molecule has 100 valence electrons. The van der Waals surface area contributed by atoms with Crippen molar-refractivity contribution in [2.75, 3.05) is 25.1 Å². The molecule has 0 amide bonds. The van der Waals surface area contributed by atoms with Gasteiger partial charge in [-0.2, -0.15) is 17.0 Å². The van der Waals surface area contributed by atoms with E-state index in [-0.39, 0.29) is 5.41 Å². The van der Waals surface area contributed by atoms with E-state index in [1.165, 1.54) is 31.4 Å². The number of thioether (sulfide) groups is 1. The smallest absolute Gasteiger partial charge is 0.0621 e. The summed E-state index contributed by atoms with van der Waals surface area (Å²) in [5.74, 6) is 1.30. The van der Waals surface area contributed by atoms with E-state index in [1.54, 1.807) is 0 Å². The third-order valence-electron chi connectivity index (χ3n) is 2.97. The summed E-state index contributed by atoms with van der Waals surface area (Å²) in [5, 5.41) is 12.1. The molecule has 2 nitrogen and oxygen atoms in total. The maximum atomic E-state index is 8.57. The number of unbranched alkanes of at least 4 members (excludes halogenated alkanes) is 3. The van der Waals surface area contributed by atoms with Crippen molar-refractivity contribution in [3.8, 4) is 6.07 Å². The van der Waals surface area contributed by atoms with Crippen LogP contribution >= 0.6 is 11.8 Å². The van der Waals surface area contributed by atoms with E-state index >= 15 is 0 Å². The highest BCUT2D eigenvalue weighted by atomic mass is 32.2. The van der Waals surface area contributed by atoms with Crippen molar-refractivity contribution >= 4 is 11.8 Å². The summed E-state index contributed by atoms with van der Waals surface area (Å²) in [6.07, 6.45) is 9.17. The summed E-state index contributed by atoms with van der Waals surface area (Å²) in [6.45, 7) is 6.61. The molecule has 0 saturated carbocycles. The molecule has 0 aliphatic rings. The van der Waals surface area contributed by atoms with Crippen molar-refractivity contribution in [1.29, 1.82) is 5.26 Å². The molecular formula is C14H28N2S. The molecule has 17 heavy (non-hydrogen) atoms.